The number of nitrogens with one attached hydrogen (secondary N) is 2. The number of hydrogen-bond donors (Lipinski definition) is 3. The van der Waals surface area contributed by atoms with Crippen LogP contribution in [0, 0.1) is 0 Å². The molecule has 0 saturated heterocycles. The van der Waals surface area contributed by atoms with Crippen LogP contribution in [0.15, 0.2) is 57.4 Å². The molecule has 0 saturated carbocycles. The number of nitrogen functional groups attached to an aromatic ring is 1. The number of likely N-dealkylation sites (N-methyl/N-ethyl adjacent to an activating group) is 1. The number of carbonyl (C=O) groups excluding carboxylic acids is 1. The molecule has 0 radical (unpaired) electrons. The number of thiophene rings is 1. The van der Waals surface area contributed by atoms with Crippen molar-refractivity contribution in [3.8, 4) is 0 Å². The van der Waals surface area contributed by atoms with Gasteiger partial charge in [0.2, 0.25) is 5.91 Å². The number of H-pyrrole nitrogens is 1. The maximum atomic E-state index is 12.3. The Morgan fingerprint density at radius 1 is 1.21 bits per heavy atom. The molecule has 2 aromatic heterocycles. The molecule has 0 aliphatic rings. The number of nitrogens with zero attached hydrogens (tertiary/aromatic N) is 2. The molecular weight excluding hydrogens is 378 g/mol. The monoisotopic (exact) mass is 399 g/mol. The molecule has 3 aromatic rings. The summed E-state index contributed by atoms with van der Waals surface area (Å²) in [4.78, 5) is 41.5. The van der Waals surface area contributed by atoms with Crippen molar-refractivity contribution >= 4 is 28.7 Å². The third-order valence-electron chi connectivity index (χ3n) is 4.20. The molecule has 0 aliphatic carbocycles. The Balaban J connectivity index is 1.78. The van der Waals surface area contributed by atoms with Crippen LogP contribution in [0.25, 0.3) is 0 Å². The summed E-state index contributed by atoms with van der Waals surface area (Å²) in [6.07, 6.45) is 0. The Morgan fingerprint density at radius 2 is 1.96 bits per heavy atom. The Morgan fingerprint density at radius 3 is 2.64 bits per heavy atom. The summed E-state index contributed by atoms with van der Waals surface area (Å²) in [6, 6.07) is 13.1. The Kier molecular flexibility index (Phi) is 5.95. The number of anilines is 2. The van der Waals surface area contributed by atoms with Crippen molar-refractivity contribution in [2.45, 2.75) is 13.1 Å². The smallest absolute Gasteiger partial charge is 0.330 e. The van der Waals surface area contributed by atoms with Gasteiger partial charge in [0, 0.05) is 11.9 Å². The Bertz CT molecular complexity index is 1060. The van der Waals surface area contributed by atoms with Gasteiger partial charge in [-0.2, -0.15) is 0 Å². The van der Waals surface area contributed by atoms with E-state index in [9.17, 15) is 14.4 Å². The van der Waals surface area contributed by atoms with E-state index in [1.54, 1.807) is 18.4 Å². The summed E-state index contributed by atoms with van der Waals surface area (Å²) in [7, 11) is 1.59. The maximum absolute atomic E-state index is 12.3. The van der Waals surface area contributed by atoms with Gasteiger partial charge in [-0.15, -0.1) is 11.3 Å². The van der Waals surface area contributed by atoms with Gasteiger partial charge in [-0.25, -0.2) is 4.79 Å². The number of rotatable bonds is 7. The number of aromatic amines is 1. The molecule has 0 aliphatic heterocycles. The van der Waals surface area contributed by atoms with E-state index < -0.39 is 11.2 Å². The van der Waals surface area contributed by atoms with E-state index in [0.717, 1.165) is 10.4 Å². The molecule has 0 bridgehead atoms. The molecule has 0 fully saturated rings. The highest BCUT2D eigenvalue weighted by Crippen LogP contribution is 2.16. The third kappa shape index (κ3) is 4.49. The number of amides is 1. The molecule has 1 amide bonds. The zero-order valence-corrected chi connectivity index (χ0v) is 16.2. The molecule has 1 aromatic carbocycles. The van der Waals surface area contributed by atoms with E-state index in [0.29, 0.717) is 6.54 Å². The first-order chi connectivity index (χ1) is 13.5. The lowest BCUT2D eigenvalue weighted by molar-refractivity contribution is -0.119. The van der Waals surface area contributed by atoms with Crippen molar-refractivity contribution in [1.29, 1.82) is 0 Å². The number of aromatic nitrogens is 2. The highest BCUT2D eigenvalue weighted by atomic mass is 32.1. The van der Waals surface area contributed by atoms with E-state index in [-0.39, 0.29) is 30.5 Å². The standard InChI is InChI=1S/C19H21N5O3S/c1-23(12-15(25)21-10-14-8-5-9-28-14)16-17(20)24(19(27)22-18(16)26)11-13-6-3-2-4-7-13/h2-9H,10-12,20H2,1H3,(H,21,25)(H,22,26,27). The summed E-state index contributed by atoms with van der Waals surface area (Å²) in [5, 5.41) is 4.73. The SMILES string of the molecule is CN(CC(=O)NCc1cccs1)c1c(N)n(Cc2ccccc2)c(=O)[nH]c1=O. The quantitative estimate of drug-likeness (QED) is 0.548. The minimum absolute atomic E-state index is 0.0196. The largest absolute Gasteiger partial charge is 0.383 e. The van der Waals surface area contributed by atoms with Crippen LogP contribution in [0.5, 0.6) is 0 Å². The minimum Gasteiger partial charge on any atom is -0.383 e. The molecule has 3 rings (SSSR count). The number of carbonyl (C=O) groups is 1. The molecule has 0 atom stereocenters. The van der Waals surface area contributed by atoms with E-state index in [4.69, 9.17) is 5.73 Å². The molecule has 146 valence electrons. The van der Waals surface area contributed by atoms with Gasteiger partial charge in [-0.1, -0.05) is 36.4 Å². The fourth-order valence-electron chi connectivity index (χ4n) is 2.82. The normalized spacial score (nSPS) is 10.6. The van der Waals surface area contributed by atoms with Gasteiger partial charge in [0.25, 0.3) is 5.56 Å². The number of benzene rings is 1. The topological polar surface area (TPSA) is 113 Å². The van der Waals surface area contributed by atoms with E-state index in [1.807, 2.05) is 47.8 Å². The average Bonchev–Trinajstić information content (AvgIpc) is 3.18. The highest BCUT2D eigenvalue weighted by Gasteiger charge is 2.18. The van der Waals surface area contributed by atoms with Crippen molar-refractivity contribution in [2.24, 2.45) is 0 Å². The first-order valence-corrected chi connectivity index (χ1v) is 9.50. The summed E-state index contributed by atoms with van der Waals surface area (Å²) in [5.74, 6) is -0.235. The van der Waals surface area contributed by atoms with Gasteiger partial charge in [-0.05, 0) is 17.0 Å². The van der Waals surface area contributed by atoms with Crippen molar-refractivity contribution < 1.29 is 4.79 Å². The van der Waals surface area contributed by atoms with E-state index in [1.165, 1.54) is 9.47 Å². The molecule has 8 nitrogen and oxygen atoms in total. The second-order valence-electron chi connectivity index (χ2n) is 6.28. The lowest BCUT2D eigenvalue weighted by atomic mass is 10.2. The fraction of sp³-hybridized carbons (Fsp3) is 0.211. The van der Waals surface area contributed by atoms with Crippen molar-refractivity contribution in [2.75, 3.05) is 24.2 Å². The van der Waals surface area contributed by atoms with Crippen LogP contribution in [0.3, 0.4) is 0 Å². The predicted octanol–water partition coefficient (Wildman–Crippen LogP) is 0.981. The van der Waals surface area contributed by atoms with Crippen LogP contribution in [0.2, 0.25) is 0 Å². The van der Waals surface area contributed by atoms with Crippen molar-refractivity contribution in [3.05, 3.63) is 79.1 Å². The molecule has 0 unspecified atom stereocenters. The second-order valence-corrected chi connectivity index (χ2v) is 7.31. The molecule has 4 N–H and O–H groups in total. The zero-order chi connectivity index (χ0) is 20.1. The Labute approximate surface area is 165 Å². The van der Waals surface area contributed by atoms with Crippen LogP contribution >= 0.6 is 11.3 Å². The van der Waals surface area contributed by atoms with Gasteiger partial charge < -0.3 is 16.0 Å². The van der Waals surface area contributed by atoms with Crippen LogP contribution in [-0.2, 0) is 17.9 Å². The van der Waals surface area contributed by atoms with Gasteiger partial charge in [0.1, 0.15) is 11.5 Å². The number of nitrogens with two attached hydrogens (primary N) is 1. The molecular formula is C19H21N5O3S. The maximum Gasteiger partial charge on any atom is 0.330 e. The van der Waals surface area contributed by atoms with Gasteiger partial charge in [0.05, 0.1) is 19.6 Å². The Hall–Kier alpha value is -3.33. The predicted molar refractivity (Wildman–Crippen MR) is 111 cm³/mol. The first-order valence-electron chi connectivity index (χ1n) is 8.62. The summed E-state index contributed by atoms with van der Waals surface area (Å²) in [6.45, 7) is 0.569. The zero-order valence-electron chi connectivity index (χ0n) is 15.3. The average molecular weight is 399 g/mol. The van der Waals surface area contributed by atoms with Crippen LogP contribution in [0.1, 0.15) is 10.4 Å². The fourth-order valence-corrected chi connectivity index (χ4v) is 3.46. The van der Waals surface area contributed by atoms with Crippen LogP contribution < -0.4 is 27.2 Å². The first kappa shape index (κ1) is 19.4. The van der Waals surface area contributed by atoms with Gasteiger partial charge >= 0.3 is 5.69 Å². The second kappa shape index (κ2) is 8.57. The van der Waals surface area contributed by atoms with Gasteiger partial charge in [-0.3, -0.25) is 19.1 Å². The van der Waals surface area contributed by atoms with E-state index in [2.05, 4.69) is 10.3 Å². The number of hydrogen-bond acceptors (Lipinski definition) is 6. The summed E-state index contributed by atoms with van der Waals surface area (Å²) >= 11 is 1.55. The van der Waals surface area contributed by atoms with Crippen LogP contribution in [-0.4, -0.2) is 29.1 Å². The van der Waals surface area contributed by atoms with Gasteiger partial charge in [0.15, 0.2) is 0 Å². The van der Waals surface area contributed by atoms with E-state index >= 15 is 0 Å². The van der Waals surface area contributed by atoms with Crippen molar-refractivity contribution in [3.63, 3.8) is 0 Å². The lowest BCUT2D eigenvalue weighted by Gasteiger charge is -2.21. The highest BCUT2D eigenvalue weighted by molar-refractivity contribution is 7.09. The molecule has 0 spiro atoms. The van der Waals surface area contributed by atoms with Crippen LogP contribution in [0.4, 0.5) is 11.5 Å². The third-order valence-corrected chi connectivity index (χ3v) is 5.08. The molecule has 2 heterocycles. The van der Waals surface area contributed by atoms with Crippen molar-refractivity contribution in [1.82, 2.24) is 14.9 Å². The lowest BCUT2D eigenvalue weighted by Crippen LogP contribution is -2.41. The summed E-state index contributed by atoms with van der Waals surface area (Å²) in [5.41, 5.74) is 5.87. The molecule has 28 heavy (non-hydrogen) atoms. The summed E-state index contributed by atoms with van der Waals surface area (Å²) < 4.78 is 1.28. The molecule has 9 heteroatoms. The minimum atomic E-state index is -0.625.